The van der Waals surface area contributed by atoms with Gasteiger partial charge in [0.05, 0.1) is 12.2 Å². The largest absolute Gasteiger partial charge is 0.444 e. The smallest absolute Gasteiger partial charge is 0.410 e. The van der Waals surface area contributed by atoms with Crippen LogP contribution in [0.5, 0.6) is 0 Å². The van der Waals surface area contributed by atoms with Gasteiger partial charge < -0.3 is 14.4 Å². The Morgan fingerprint density at radius 3 is 2.20 bits per heavy atom. The molecule has 0 unspecified atom stereocenters. The summed E-state index contributed by atoms with van der Waals surface area (Å²) < 4.78 is 11.4. The lowest BCUT2D eigenvalue weighted by atomic mass is 9.67. The first kappa shape index (κ1) is 15.6. The van der Waals surface area contributed by atoms with Crippen LogP contribution in [0.4, 0.5) is 4.79 Å². The van der Waals surface area contributed by atoms with E-state index in [0.29, 0.717) is 5.92 Å². The Kier molecular flexibility index (Phi) is 3.83. The second kappa shape index (κ2) is 4.90. The van der Waals surface area contributed by atoms with Crippen molar-refractivity contribution in [3.05, 3.63) is 0 Å². The van der Waals surface area contributed by atoms with E-state index in [1.54, 1.807) is 0 Å². The van der Waals surface area contributed by atoms with Gasteiger partial charge in [0.15, 0.2) is 0 Å². The third kappa shape index (κ3) is 2.95. The minimum atomic E-state index is -0.419. The molecule has 0 saturated carbocycles. The second-order valence-corrected chi connectivity index (χ2v) is 7.94. The Hall–Kier alpha value is -0.770. The predicted molar refractivity (Wildman–Crippen MR) is 78.7 cm³/mol. The number of carbonyl (C=O) groups is 1. The number of rotatable bonds is 0. The maximum absolute atomic E-state index is 12.1. The van der Waals surface area contributed by atoms with Gasteiger partial charge in [-0.1, -0.05) is 6.92 Å². The van der Waals surface area contributed by atoms with Crippen LogP contribution in [-0.4, -0.2) is 41.9 Å². The molecular weight excluding hydrogens is 254 g/mol. The predicted octanol–water partition coefficient (Wildman–Crippen LogP) is 3.45. The van der Waals surface area contributed by atoms with E-state index in [2.05, 4.69) is 20.8 Å². The lowest BCUT2D eigenvalue weighted by Gasteiger charge is -2.42. The molecule has 2 fully saturated rings. The first-order valence-corrected chi connectivity index (χ1v) is 7.68. The van der Waals surface area contributed by atoms with Crippen LogP contribution in [0.15, 0.2) is 0 Å². The highest BCUT2D eigenvalue weighted by atomic mass is 16.6. The zero-order chi connectivity index (χ0) is 15.2. The molecule has 20 heavy (non-hydrogen) atoms. The molecule has 0 N–H and O–H groups in total. The van der Waals surface area contributed by atoms with Gasteiger partial charge in [-0.3, -0.25) is 0 Å². The zero-order valence-corrected chi connectivity index (χ0v) is 13.8. The van der Waals surface area contributed by atoms with E-state index in [9.17, 15) is 4.79 Å². The summed E-state index contributed by atoms with van der Waals surface area (Å²) in [6, 6.07) is 0. The molecule has 116 valence electrons. The molecule has 2 aliphatic heterocycles. The number of nitrogens with zero attached hydrogens (tertiary/aromatic N) is 1. The van der Waals surface area contributed by atoms with Gasteiger partial charge >= 0.3 is 6.09 Å². The van der Waals surface area contributed by atoms with E-state index in [4.69, 9.17) is 9.47 Å². The average molecular weight is 283 g/mol. The van der Waals surface area contributed by atoms with Gasteiger partial charge in [-0.05, 0) is 53.4 Å². The lowest BCUT2D eigenvalue weighted by molar-refractivity contribution is 0.00424. The Morgan fingerprint density at radius 2 is 1.80 bits per heavy atom. The average Bonchev–Trinajstić information content (AvgIpc) is 2.53. The van der Waals surface area contributed by atoms with Crippen LogP contribution in [-0.2, 0) is 9.47 Å². The van der Waals surface area contributed by atoms with Crippen LogP contribution in [0.2, 0.25) is 0 Å². The topological polar surface area (TPSA) is 38.8 Å². The number of hydrogen-bond acceptors (Lipinski definition) is 3. The van der Waals surface area contributed by atoms with Gasteiger partial charge in [0.25, 0.3) is 0 Å². The van der Waals surface area contributed by atoms with Crippen molar-refractivity contribution in [1.29, 1.82) is 0 Å². The number of ether oxygens (including phenoxy) is 2. The fourth-order valence-electron chi connectivity index (χ4n) is 3.36. The second-order valence-electron chi connectivity index (χ2n) is 7.94. The molecule has 2 saturated heterocycles. The lowest BCUT2D eigenvalue weighted by Crippen LogP contribution is -2.48. The van der Waals surface area contributed by atoms with Crippen molar-refractivity contribution in [2.75, 3.05) is 19.7 Å². The van der Waals surface area contributed by atoms with Crippen molar-refractivity contribution >= 4 is 6.09 Å². The van der Waals surface area contributed by atoms with Crippen molar-refractivity contribution in [3.8, 4) is 0 Å². The molecule has 0 bridgehead atoms. The number of hydrogen-bond donors (Lipinski definition) is 0. The Morgan fingerprint density at radius 1 is 1.25 bits per heavy atom. The van der Waals surface area contributed by atoms with Crippen molar-refractivity contribution in [1.82, 2.24) is 4.90 Å². The third-order valence-corrected chi connectivity index (χ3v) is 5.10. The zero-order valence-electron chi connectivity index (χ0n) is 13.8. The molecule has 1 atom stereocenters. The number of piperidine rings is 1. The van der Waals surface area contributed by atoms with Gasteiger partial charge in [0.2, 0.25) is 0 Å². The third-order valence-electron chi connectivity index (χ3n) is 5.10. The summed E-state index contributed by atoms with van der Waals surface area (Å²) in [5.41, 5.74) is -0.228. The minimum absolute atomic E-state index is 0.0475. The molecule has 0 aliphatic carbocycles. The molecule has 0 aromatic heterocycles. The monoisotopic (exact) mass is 283 g/mol. The molecule has 4 heteroatoms. The summed E-state index contributed by atoms with van der Waals surface area (Å²) in [6.07, 6.45) is 1.84. The molecule has 4 nitrogen and oxygen atoms in total. The van der Waals surface area contributed by atoms with Crippen molar-refractivity contribution in [2.45, 2.75) is 65.6 Å². The summed E-state index contributed by atoms with van der Waals surface area (Å²) in [4.78, 5) is 13.9. The summed E-state index contributed by atoms with van der Waals surface area (Å²) in [5, 5.41) is 0. The quantitative estimate of drug-likeness (QED) is 0.683. The Bertz CT molecular complexity index is 376. The molecule has 2 heterocycles. The van der Waals surface area contributed by atoms with Crippen LogP contribution < -0.4 is 0 Å². The summed E-state index contributed by atoms with van der Waals surface area (Å²) in [5.74, 6) is 0.524. The highest BCUT2D eigenvalue weighted by molar-refractivity contribution is 5.68. The minimum Gasteiger partial charge on any atom is -0.444 e. The molecular formula is C16H29NO3. The van der Waals surface area contributed by atoms with Gasteiger partial charge in [0.1, 0.15) is 5.60 Å². The van der Waals surface area contributed by atoms with E-state index in [1.807, 2.05) is 25.7 Å². The van der Waals surface area contributed by atoms with Crippen LogP contribution >= 0.6 is 0 Å². The number of likely N-dealkylation sites (tertiary alicyclic amines) is 1. The van der Waals surface area contributed by atoms with Gasteiger partial charge in [-0.25, -0.2) is 4.79 Å². The molecule has 0 aromatic rings. The Balaban J connectivity index is 1.95. The van der Waals surface area contributed by atoms with E-state index in [-0.39, 0.29) is 17.1 Å². The standard InChI is InChI=1S/C16H29NO3/c1-12-15(5,6)19-11-16(12)7-9-17(10-8-16)13(18)20-14(2,3)4/h12H,7-11H2,1-6H3/t12-/m1/s1. The highest BCUT2D eigenvalue weighted by Crippen LogP contribution is 2.50. The van der Waals surface area contributed by atoms with Crippen LogP contribution in [0.1, 0.15) is 54.4 Å². The molecule has 1 amide bonds. The molecule has 0 radical (unpaired) electrons. The summed E-state index contributed by atoms with van der Waals surface area (Å²) >= 11 is 0. The van der Waals surface area contributed by atoms with Crippen LogP contribution in [0.25, 0.3) is 0 Å². The highest BCUT2D eigenvalue weighted by Gasteiger charge is 2.52. The fourth-order valence-corrected chi connectivity index (χ4v) is 3.36. The fraction of sp³-hybridized carbons (Fsp3) is 0.938. The van der Waals surface area contributed by atoms with Crippen molar-refractivity contribution < 1.29 is 14.3 Å². The van der Waals surface area contributed by atoms with Crippen molar-refractivity contribution in [2.24, 2.45) is 11.3 Å². The normalized spacial score (nSPS) is 28.7. The molecule has 2 aliphatic rings. The molecule has 0 aromatic carbocycles. The maximum Gasteiger partial charge on any atom is 0.410 e. The van der Waals surface area contributed by atoms with E-state index in [0.717, 1.165) is 32.5 Å². The van der Waals surface area contributed by atoms with E-state index in [1.165, 1.54) is 0 Å². The SMILES string of the molecule is C[C@H]1C2(CCN(C(=O)OC(C)(C)C)CC2)COC1(C)C. The number of carbonyl (C=O) groups excluding carboxylic acids is 1. The number of amides is 1. The first-order chi connectivity index (χ1) is 9.06. The molecule has 2 rings (SSSR count). The van der Waals surface area contributed by atoms with E-state index >= 15 is 0 Å². The van der Waals surface area contributed by atoms with Gasteiger partial charge in [-0.2, -0.15) is 0 Å². The molecule has 1 spiro atoms. The van der Waals surface area contributed by atoms with Crippen molar-refractivity contribution in [3.63, 3.8) is 0 Å². The van der Waals surface area contributed by atoms with Crippen LogP contribution in [0, 0.1) is 11.3 Å². The van der Waals surface area contributed by atoms with Gasteiger partial charge in [-0.15, -0.1) is 0 Å². The summed E-state index contributed by atoms with van der Waals surface area (Å²) in [6.45, 7) is 14.7. The van der Waals surface area contributed by atoms with Gasteiger partial charge in [0, 0.05) is 18.5 Å². The summed E-state index contributed by atoms with van der Waals surface area (Å²) in [7, 11) is 0. The van der Waals surface area contributed by atoms with Crippen LogP contribution in [0.3, 0.4) is 0 Å². The maximum atomic E-state index is 12.1. The Labute approximate surface area is 122 Å². The first-order valence-electron chi connectivity index (χ1n) is 7.68. The van der Waals surface area contributed by atoms with E-state index < -0.39 is 5.60 Å².